The SMILES string of the molecule is COc1ccc(C(=O)N2CC[C@@H]3CC(=O)N(C)[C@@H]3C2)c(OC)n1. The van der Waals surface area contributed by atoms with Gasteiger partial charge in [0.1, 0.15) is 5.56 Å². The van der Waals surface area contributed by atoms with E-state index >= 15 is 0 Å². The number of hydrogen-bond donors (Lipinski definition) is 0. The van der Waals surface area contributed by atoms with Crippen molar-refractivity contribution in [2.75, 3.05) is 34.4 Å². The number of ether oxygens (including phenoxy) is 2. The van der Waals surface area contributed by atoms with Gasteiger partial charge >= 0.3 is 0 Å². The Kier molecular flexibility index (Phi) is 4.11. The lowest BCUT2D eigenvalue weighted by Crippen LogP contribution is -2.49. The van der Waals surface area contributed by atoms with Crippen molar-refractivity contribution in [3.8, 4) is 11.8 Å². The van der Waals surface area contributed by atoms with E-state index in [0.717, 1.165) is 6.42 Å². The zero-order chi connectivity index (χ0) is 16.6. The molecule has 7 heteroatoms. The van der Waals surface area contributed by atoms with E-state index < -0.39 is 0 Å². The lowest BCUT2D eigenvalue weighted by atomic mass is 9.92. The van der Waals surface area contributed by atoms with Crippen molar-refractivity contribution < 1.29 is 19.1 Å². The maximum Gasteiger partial charge on any atom is 0.259 e. The molecule has 124 valence electrons. The summed E-state index contributed by atoms with van der Waals surface area (Å²) in [7, 11) is 4.81. The molecule has 2 atom stereocenters. The van der Waals surface area contributed by atoms with Gasteiger partial charge in [0.05, 0.1) is 20.3 Å². The molecule has 7 nitrogen and oxygen atoms in total. The Balaban J connectivity index is 1.80. The number of piperidine rings is 1. The second kappa shape index (κ2) is 6.06. The Morgan fingerprint density at radius 2 is 2.09 bits per heavy atom. The van der Waals surface area contributed by atoms with Crippen LogP contribution in [0.25, 0.3) is 0 Å². The van der Waals surface area contributed by atoms with Gasteiger partial charge in [-0.15, -0.1) is 0 Å². The van der Waals surface area contributed by atoms with Crippen LogP contribution in [0.5, 0.6) is 11.8 Å². The summed E-state index contributed by atoms with van der Waals surface area (Å²) in [4.78, 5) is 32.4. The molecule has 0 saturated carbocycles. The maximum atomic E-state index is 12.8. The summed E-state index contributed by atoms with van der Waals surface area (Å²) in [6.07, 6.45) is 1.44. The number of aromatic nitrogens is 1. The van der Waals surface area contributed by atoms with Crippen molar-refractivity contribution in [3.05, 3.63) is 17.7 Å². The van der Waals surface area contributed by atoms with E-state index in [4.69, 9.17) is 9.47 Å². The van der Waals surface area contributed by atoms with Crippen LogP contribution in [-0.2, 0) is 4.79 Å². The third kappa shape index (κ3) is 2.71. The van der Waals surface area contributed by atoms with Gasteiger partial charge in [-0.25, -0.2) is 0 Å². The van der Waals surface area contributed by atoms with Crippen molar-refractivity contribution in [1.29, 1.82) is 0 Å². The topological polar surface area (TPSA) is 72.0 Å². The molecule has 0 aromatic carbocycles. The summed E-state index contributed by atoms with van der Waals surface area (Å²) >= 11 is 0. The summed E-state index contributed by atoms with van der Waals surface area (Å²) in [5.41, 5.74) is 0.415. The zero-order valence-electron chi connectivity index (χ0n) is 13.6. The standard InChI is InChI=1S/C16H21N3O4/c1-18-12-9-19(7-6-10(12)8-14(18)20)16(21)11-4-5-13(22-2)17-15(11)23-3/h4-5,10,12H,6-9H2,1-3H3/t10-,12-/m1/s1. The lowest BCUT2D eigenvalue weighted by molar-refractivity contribution is -0.127. The number of hydrogen-bond acceptors (Lipinski definition) is 5. The van der Waals surface area contributed by atoms with E-state index in [9.17, 15) is 9.59 Å². The van der Waals surface area contributed by atoms with Crippen molar-refractivity contribution in [3.63, 3.8) is 0 Å². The Bertz CT molecular complexity index is 634. The average Bonchev–Trinajstić information content (AvgIpc) is 2.87. The zero-order valence-corrected chi connectivity index (χ0v) is 13.6. The number of carbonyl (C=O) groups is 2. The van der Waals surface area contributed by atoms with Crippen LogP contribution < -0.4 is 9.47 Å². The quantitative estimate of drug-likeness (QED) is 0.824. The van der Waals surface area contributed by atoms with E-state index in [0.29, 0.717) is 36.9 Å². The van der Waals surface area contributed by atoms with Gasteiger partial charge in [0.25, 0.3) is 5.91 Å². The second-order valence-electron chi connectivity index (χ2n) is 5.99. The van der Waals surface area contributed by atoms with E-state index in [1.165, 1.54) is 14.2 Å². The molecule has 3 rings (SSSR count). The molecule has 2 saturated heterocycles. The highest BCUT2D eigenvalue weighted by atomic mass is 16.5. The highest BCUT2D eigenvalue weighted by Gasteiger charge is 2.42. The minimum Gasteiger partial charge on any atom is -0.481 e. The van der Waals surface area contributed by atoms with E-state index in [1.54, 1.807) is 21.9 Å². The number of fused-ring (bicyclic) bond motifs is 1. The molecule has 0 spiro atoms. The van der Waals surface area contributed by atoms with Crippen LogP contribution in [-0.4, -0.2) is 67.0 Å². The molecular weight excluding hydrogens is 298 g/mol. The van der Waals surface area contributed by atoms with E-state index in [1.807, 2.05) is 7.05 Å². The molecule has 2 amide bonds. The fraction of sp³-hybridized carbons (Fsp3) is 0.562. The predicted octanol–water partition coefficient (Wildman–Crippen LogP) is 0.792. The molecule has 3 heterocycles. The van der Waals surface area contributed by atoms with Gasteiger partial charge in [0, 0.05) is 32.6 Å². The molecule has 0 N–H and O–H groups in total. The molecule has 1 aromatic heterocycles. The molecule has 1 aromatic rings. The molecule has 0 bridgehead atoms. The van der Waals surface area contributed by atoms with E-state index in [-0.39, 0.29) is 23.7 Å². The van der Waals surface area contributed by atoms with Crippen LogP contribution in [0.4, 0.5) is 0 Å². The van der Waals surface area contributed by atoms with Crippen LogP contribution >= 0.6 is 0 Å². The summed E-state index contributed by atoms with van der Waals surface area (Å²) in [5.74, 6) is 1.05. The number of pyridine rings is 1. The monoisotopic (exact) mass is 319 g/mol. The number of carbonyl (C=O) groups excluding carboxylic acids is 2. The van der Waals surface area contributed by atoms with Gasteiger partial charge in [-0.3, -0.25) is 9.59 Å². The normalized spacial score (nSPS) is 23.7. The molecule has 2 fully saturated rings. The molecule has 0 unspecified atom stereocenters. The molecule has 2 aliphatic rings. The smallest absolute Gasteiger partial charge is 0.259 e. The van der Waals surface area contributed by atoms with Crippen molar-refractivity contribution >= 4 is 11.8 Å². The van der Waals surface area contributed by atoms with Gasteiger partial charge < -0.3 is 19.3 Å². The first-order chi connectivity index (χ1) is 11.0. The minimum atomic E-state index is -0.122. The number of likely N-dealkylation sites (N-methyl/N-ethyl adjacent to an activating group) is 1. The number of likely N-dealkylation sites (tertiary alicyclic amines) is 2. The fourth-order valence-electron chi connectivity index (χ4n) is 3.42. The third-order valence-corrected chi connectivity index (χ3v) is 4.80. The van der Waals surface area contributed by atoms with Gasteiger partial charge in [-0.2, -0.15) is 4.98 Å². The van der Waals surface area contributed by atoms with Crippen LogP contribution in [0.15, 0.2) is 12.1 Å². The number of methoxy groups -OCH3 is 2. The summed E-state index contributed by atoms with van der Waals surface area (Å²) in [6, 6.07) is 3.42. The van der Waals surface area contributed by atoms with Gasteiger partial charge in [-0.05, 0) is 18.4 Å². The third-order valence-electron chi connectivity index (χ3n) is 4.80. The molecule has 23 heavy (non-hydrogen) atoms. The Morgan fingerprint density at radius 3 is 2.78 bits per heavy atom. The second-order valence-corrected chi connectivity index (χ2v) is 5.99. The van der Waals surface area contributed by atoms with Crippen LogP contribution in [0.3, 0.4) is 0 Å². The number of amides is 2. The average molecular weight is 319 g/mol. The van der Waals surface area contributed by atoms with Crippen molar-refractivity contribution in [2.24, 2.45) is 5.92 Å². The highest BCUT2D eigenvalue weighted by Crippen LogP contribution is 2.32. The van der Waals surface area contributed by atoms with Gasteiger partial charge in [0.15, 0.2) is 0 Å². The maximum absolute atomic E-state index is 12.8. The Hall–Kier alpha value is -2.31. The van der Waals surface area contributed by atoms with Crippen LogP contribution in [0.1, 0.15) is 23.2 Å². The minimum absolute atomic E-state index is 0.109. The van der Waals surface area contributed by atoms with Gasteiger partial charge in [-0.1, -0.05) is 0 Å². The molecule has 2 aliphatic heterocycles. The largest absolute Gasteiger partial charge is 0.481 e. The number of rotatable bonds is 3. The van der Waals surface area contributed by atoms with Crippen molar-refractivity contribution in [2.45, 2.75) is 18.9 Å². The molecule has 0 radical (unpaired) electrons. The summed E-state index contributed by atoms with van der Waals surface area (Å²) < 4.78 is 10.3. The fourth-order valence-corrected chi connectivity index (χ4v) is 3.42. The highest BCUT2D eigenvalue weighted by molar-refractivity contribution is 5.96. The van der Waals surface area contributed by atoms with Crippen LogP contribution in [0.2, 0.25) is 0 Å². The predicted molar refractivity (Wildman–Crippen MR) is 82.5 cm³/mol. The Morgan fingerprint density at radius 1 is 1.30 bits per heavy atom. The molecular formula is C16H21N3O4. The van der Waals surface area contributed by atoms with Gasteiger partial charge in [0.2, 0.25) is 17.7 Å². The first kappa shape index (κ1) is 15.6. The van der Waals surface area contributed by atoms with Crippen molar-refractivity contribution in [1.82, 2.24) is 14.8 Å². The molecule has 0 aliphatic carbocycles. The first-order valence-electron chi connectivity index (χ1n) is 7.69. The Labute approximate surface area is 135 Å². The summed E-state index contributed by atoms with van der Waals surface area (Å²) in [6.45, 7) is 1.21. The summed E-state index contributed by atoms with van der Waals surface area (Å²) in [5, 5.41) is 0. The number of nitrogens with zero attached hydrogens (tertiary/aromatic N) is 3. The lowest BCUT2D eigenvalue weighted by Gasteiger charge is -2.37. The van der Waals surface area contributed by atoms with Crippen LogP contribution in [0, 0.1) is 5.92 Å². The van der Waals surface area contributed by atoms with E-state index in [2.05, 4.69) is 4.98 Å². The first-order valence-corrected chi connectivity index (χ1v) is 7.69.